The van der Waals surface area contributed by atoms with Crippen LogP contribution in [0.4, 0.5) is 5.82 Å². The van der Waals surface area contributed by atoms with Crippen LogP contribution in [0.3, 0.4) is 0 Å². The van der Waals surface area contributed by atoms with Gasteiger partial charge in [-0.15, -0.1) is 0 Å². The number of nitrogens with two attached hydrogens (primary N) is 1. The number of nitrogens with zero attached hydrogens (tertiary/aromatic N) is 2. The van der Waals surface area contributed by atoms with Crippen molar-refractivity contribution in [3.63, 3.8) is 0 Å². The van der Waals surface area contributed by atoms with Crippen LogP contribution < -0.4 is 16.0 Å². The Hall–Kier alpha value is -2.14. The minimum atomic E-state index is 0.584. The molecule has 16 heavy (non-hydrogen) atoms. The minimum absolute atomic E-state index is 0.584. The molecule has 2 aromatic rings. The van der Waals surface area contributed by atoms with Crippen LogP contribution in [-0.2, 0) is 0 Å². The maximum Gasteiger partial charge on any atom is 0.161 e. The predicted molar refractivity (Wildman–Crippen MR) is 61.8 cm³/mol. The van der Waals surface area contributed by atoms with Crippen LogP contribution in [0.5, 0.6) is 5.75 Å². The summed E-state index contributed by atoms with van der Waals surface area (Å²) in [4.78, 5) is 8.39. The Morgan fingerprint density at radius 1 is 1.19 bits per heavy atom. The Morgan fingerprint density at radius 2 is 1.94 bits per heavy atom. The molecule has 82 valence electrons. The Kier molecular flexibility index (Phi) is 2.98. The number of nitrogen functional groups attached to an aromatic ring is 1. The molecule has 0 amide bonds. The normalized spacial score (nSPS) is 9.88. The van der Waals surface area contributed by atoms with E-state index in [0.29, 0.717) is 11.6 Å². The molecule has 0 spiro atoms. The average molecular weight is 216 g/mol. The summed E-state index contributed by atoms with van der Waals surface area (Å²) in [6, 6.07) is 9.22. The molecule has 3 N–H and O–H groups in total. The summed E-state index contributed by atoms with van der Waals surface area (Å²) >= 11 is 0. The summed E-state index contributed by atoms with van der Waals surface area (Å²) in [7, 11) is 1.63. The topological polar surface area (TPSA) is 73.1 Å². The van der Waals surface area contributed by atoms with Gasteiger partial charge in [0.05, 0.1) is 7.11 Å². The van der Waals surface area contributed by atoms with Gasteiger partial charge in [-0.3, -0.25) is 0 Å². The molecule has 1 aromatic heterocycles. The second-order valence-corrected chi connectivity index (χ2v) is 3.14. The van der Waals surface area contributed by atoms with Crippen molar-refractivity contribution in [2.75, 3.05) is 12.5 Å². The van der Waals surface area contributed by atoms with Gasteiger partial charge in [-0.2, -0.15) is 0 Å². The molecule has 0 atom stereocenters. The van der Waals surface area contributed by atoms with E-state index in [9.17, 15) is 0 Å². The number of aromatic nitrogens is 2. The van der Waals surface area contributed by atoms with E-state index < -0.39 is 0 Å². The third kappa shape index (κ3) is 2.09. The lowest BCUT2D eigenvalue weighted by atomic mass is 10.2. The maximum atomic E-state index is 5.28. The number of nitrogens with one attached hydrogen (secondary N) is 1. The Labute approximate surface area is 93.3 Å². The van der Waals surface area contributed by atoms with Crippen molar-refractivity contribution < 1.29 is 4.74 Å². The van der Waals surface area contributed by atoms with Crippen LogP contribution in [0.2, 0.25) is 0 Å². The zero-order valence-corrected chi connectivity index (χ0v) is 8.84. The summed E-state index contributed by atoms with van der Waals surface area (Å²) in [5.41, 5.74) is 3.40. The lowest BCUT2D eigenvalue weighted by Gasteiger charge is -2.04. The SMILES string of the molecule is COc1ccc(-c2nccc(NN)n2)cc1. The molecule has 0 radical (unpaired) electrons. The van der Waals surface area contributed by atoms with E-state index in [-0.39, 0.29) is 0 Å². The van der Waals surface area contributed by atoms with Gasteiger partial charge in [-0.25, -0.2) is 15.8 Å². The fraction of sp³-hybridized carbons (Fsp3) is 0.0909. The molecule has 0 saturated carbocycles. The number of methoxy groups -OCH3 is 1. The molecule has 0 aliphatic carbocycles. The summed E-state index contributed by atoms with van der Waals surface area (Å²) < 4.78 is 5.08. The molecule has 0 saturated heterocycles. The number of hydrogen-bond acceptors (Lipinski definition) is 5. The van der Waals surface area contributed by atoms with E-state index in [1.54, 1.807) is 19.4 Å². The van der Waals surface area contributed by atoms with Crippen molar-refractivity contribution in [3.8, 4) is 17.1 Å². The van der Waals surface area contributed by atoms with Gasteiger partial charge >= 0.3 is 0 Å². The van der Waals surface area contributed by atoms with Crippen LogP contribution in [0.25, 0.3) is 11.4 Å². The second-order valence-electron chi connectivity index (χ2n) is 3.14. The largest absolute Gasteiger partial charge is 0.497 e. The van der Waals surface area contributed by atoms with E-state index in [4.69, 9.17) is 10.6 Å². The number of anilines is 1. The second kappa shape index (κ2) is 4.59. The van der Waals surface area contributed by atoms with E-state index in [2.05, 4.69) is 15.4 Å². The first-order valence-corrected chi connectivity index (χ1v) is 4.77. The fourth-order valence-electron chi connectivity index (χ4n) is 1.32. The summed E-state index contributed by atoms with van der Waals surface area (Å²) in [6.07, 6.45) is 1.65. The third-order valence-electron chi connectivity index (χ3n) is 2.15. The molecular weight excluding hydrogens is 204 g/mol. The van der Waals surface area contributed by atoms with Gasteiger partial charge in [0, 0.05) is 17.8 Å². The summed E-state index contributed by atoms with van der Waals surface area (Å²) in [5.74, 6) is 7.29. The molecule has 5 nitrogen and oxygen atoms in total. The van der Waals surface area contributed by atoms with Gasteiger partial charge in [0.15, 0.2) is 5.82 Å². The van der Waals surface area contributed by atoms with E-state index >= 15 is 0 Å². The predicted octanol–water partition coefficient (Wildman–Crippen LogP) is 1.44. The molecule has 1 heterocycles. The highest BCUT2D eigenvalue weighted by Crippen LogP contribution is 2.19. The standard InChI is InChI=1S/C11H12N4O/c1-16-9-4-2-8(3-5-9)11-13-7-6-10(14-11)15-12/h2-7H,12H2,1H3,(H,13,14,15). The first-order chi connectivity index (χ1) is 7.83. The Morgan fingerprint density at radius 3 is 2.56 bits per heavy atom. The van der Waals surface area contributed by atoms with Gasteiger partial charge in [-0.1, -0.05) is 0 Å². The number of ether oxygens (including phenoxy) is 1. The Balaban J connectivity index is 2.34. The van der Waals surface area contributed by atoms with Gasteiger partial charge in [-0.05, 0) is 24.3 Å². The molecule has 0 aliphatic rings. The molecule has 0 fully saturated rings. The number of hydrogen-bond donors (Lipinski definition) is 2. The highest BCUT2D eigenvalue weighted by molar-refractivity contribution is 5.57. The van der Waals surface area contributed by atoms with E-state index in [0.717, 1.165) is 11.3 Å². The molecule has 0 unspecified atom stereocenters. The highest BCUT2D eigenvalue weighted by atomic mass is 16.5. The number of benzene rings is 1. The van der Waals surface area contributed by atoms with Crippen LogP contribution in [0, 0.1) is 0 Å². The van der Waals surface area contributed by atoms with Crippen LogP contribution in [0.15, 0.2) is 36.5 Å². The van der Waals surface area contributed by atoms with Crippen molar-refractivity contribution in [1.82, 2.24) is 9.97 Å². The van der Waals surface area contributed by atoms with Crippen LogP contribution in [0.1, 0.15) is 0 Å². The van der Waals surface area contributed by atoms with E-state index in [1.807, 2.05) is 24.3 Å². The van der Waals surface area contributed by atoms with Gasteiger partial charge in [0.1, 0.15) is 11.6 Å². The van der Waals surface area contributed by atoms with Crippen molar-refractivity contribution in [3.05, 3.63) is 36.5 Å². The number of rotatable bonds is 3. The Bertz CT molecular complexity index is 470. The molecule has 5 heteroatoms. The van der Waals surface area contributed by atoms with Crippen molar-refractivity contribution in [1.29, 1.82) is 0 Å². The smallest absolute Gasteiger partial charge is 0.161 e. The van der Waals surface area contributed by atoms with Gasteiger partial charge in [0.2, 0.25) is 0 Å². The quantitative estimate of drug-likeness (QED) is 0.600. The van der Waals surface area contributed by atoms with E-state index in [1.165, 1.54) is 0 Å². The van der Waals surface area contributed by atoms with Crippen molar-refractivity contribution >= 4 is 5.82 Å². The summed E-state index contributed by atoms with van der Waals surface area (Å²) in [6.45, 7) is 0. The molecule has 0 bridgehead atoms. The first kappa shape index (κ1) is 10.4. The first-order valence-electron chi connectivity index (χ1n) is 4.77. The molecule has 0 aliphatic heterocycles. The van der Waals surface area contributed by atoms with Crippen LogP contribution in [-0.4, -0.2) is 17.1 Å². The minimum Gasteiger partial charge on any atom is -0.497 e. The monoisotopic (exact) mass is 216 g/mol. The number of hydrazine groups is 1. The van der Waals surface area contributed by atoms with Gasteiger partial charge in [0.25, 0.3) is 0 Å². The van der Waals surface area contributed by atoms with Crippen molar-refractivity contribution in [2.24, 2.45) is 5.84 Å². The highest BCUT2D eigenvalue weighted by Gasteiger charge is 2.02. The summed E-state index contributed by atoms with van der Waals surface area (Å²) in [5, 5.41) is 0. The zero-order valence-electron chi connectivity index (χ0n) is 8.84. The average Bonchev–Trinajstić information content (AvgIpc) is 2.39. The van der Waals surface area contributed by atoms with Gasteiger partial charge < -0.3 is 10.2 Å². The molecule has 2 rings (SSSR count). The lowest BCUT2D eigenvalue weighted by molar-refractivity contribution is 0.415. The lowest BCUT2D eigenvalue weighted by Crippen LogP contribution is -2.09. The zero-order chi connectivity index (χ0) is 11.4. The van der Waals surface area contributed by atoms with Crippen LogP contribution >= 0.6 is 0 Å². The molecule has 1 aromatic carbocycles. The molecular formula is C11H12N4O. The van der Waals surface area contributed by atoms with Crippen molar-refractivity contribution in [2.45, 2.75) is 0 Å². The third-order valence-corrected chi connectivity index (χ3v) is 2.15. The fourth-order valence-corrected chi connectivity index (χ4v) is 1.32. The maximum absolute atomic E-state index is 5.28.